The lowest BCUT2D eigenvalue weighted by molar-refractivity contribution is -0.191. The Hall–Kier alpha value is -2.32. The van der Waals surface area contributed by atoms with Gasteiger partial charge in [0.1, 0.15) is 5.82 Å². The third-order valence-electron chi connectivity index (χ3n) is 8.04. The average molecular weight is 568 g/mol. The number of halogens is 4. The maximum Gasteiger partial charge on any atom is 0.373 e. The SMILES string of the molecule is CC1CC(N2CCC[C@H](C3CN(c4ncc(C(F)F)c(N[C@H](C)c5ccc(Cl)cc5Cl)n4)C3)C2)C1.O=C=O. The van der Waals surface area contributed by atoms with Crippen molar-refractivity contribution in [2.45, 2.75) is 58.0 Å². The first-order valence-corrected chi connectivity index (χ1v) is 13.8. The molecule has 2 aromatic rings. The van der Waals surface area contributed by atoms with Crippen LogP contribution in [0.15, 0.2) is 24.4 Å². The largest absolute Gasteiger partial charge is 0.373 e. The second kappa shape index (κ2) is 12.7. The van der Waals surface area contributed by atoms with E-state index < -0.39 is 6.43 Å². The monoisotopic (exact) mass is 567 g/mol. The van der Waals surface area contributed by atoms with Gasteiger partial charge in [-0.2, -0.15) is 14.6 Å². The first kappa shape index (κ1) is 28.7. The normalized spacial score (nSPS) is 24.5. The average Bonchev–Trinajstić information content (AvgIpc) is 2.82. The fourth-order valence-corrected chi connectivity index (χ4v) is 6.41. The smallest absolute Gasteiger partial charge is 0.363 e. The molecule has 0 unspecified atom stereocenters. The molecule has 1 aliphatic carbocycles. The van der Waals surface area contributed by atoms with E-state index in [4.69, 9.17) is 32.8 Å². The molecular weight excluding hydrogens is 535 g/mol. The van der Waals surface area contributed by atoms with Gasteiger partial charge in [0.2, 0.25) is 5.95 Å². The van der Waals surface area contributed by atoms with Gasteiger partial charge in [0.05, 0.1) is 11.6 Å². The predicted molar refractivity (Wildman–Crippen MR) is 143 cm³/mol. The molecular formula is C27H33Cl2F2N5O2. The van der Waals surface area contributed by atoms with E-state index in [0.717, 1.165) is 30.6 Å². The Labute approximate surface area is 231 Å². The lowest BCUT2D eigenvalue weighted by Crippen LogP contribution is -2.56. The Morgan fingerprint density at radius 2 is 1.82 bits per heavy atom. The van der Waals surface area contributed by atoms with E-state index in [1.807, 2.05) is 6.92 Å². The Balaban J connectivity index is 0.00000107. The number of nitrogens with one attached hydrogen (secondary N) is 1. The van der Waals surface area contributed by atoms with Gasteiger partial charge in [-0.1, -0.05) is 36.2 Å². The van der Waals surface area contributed by atoms with Crippen LogP contribution in [-0.4, -0.2) is 53.2 Å². The third-order valence-corrected chi connectivity index (χ3v) is 8.60. The van der Waals surface area contributed by atoms with Gasteiger partial charge in [-0.3, -0.25) is 0 Å². The standard InChI is InChI=1S/C26H33Cl2F2N5.CO2/c1-15-8-20(9-15)34-7-3-4-17(12-34)18-13-35(14-18)26-31-11-22(24(29)30)25(33-26)32-16(2)21-6-5-19(27)10-23(21)28;2-1-3/h5-6,10-11,15-18,20,24H,3-4,7-9,12-14H2,1-2H3,(H,31,32,33);/t15?,16-,17+,20?;/m1./s1. The number of likely N-dealkylation sites (tertiary alicyclic amines) is 1. The van der Waals surface area contributed by atoms with Crippen LogP contribution in [0.25, 0.3) is 0 Å². The number of carbonyl (C=O) groups excluding carboxylic acids is 2. The van der Waals surface area contributed by atoms with Crippen molar-refractivity contribution in [1.82, 2.24) is 14.9 Å². The van der Waals surface area contributed by atoms with Crippen LogP contribution >= 0.6 is 23.2 Å². The number of piperidine rings is 1. The highest BCUT2D eigenvalue weighted by Gasteiger charge is 2.40. The van der Waals surface area contributed by atoms with Gasteiger partial charge in [0.15, 0.2) is 0 Å². The predicted octanol–water partition coefficient (Wildman–Crippen LogP) is 6.26. The number of aromatic nitrogens is 2. The number of hydrogen-bond acceptors (Lipinski definition) is 7. The summed E-state index contributed by atoms with van der Waals surface area (Å²) in [6, 6.07) is 5.63. The van der Waals surface area contributed by atoms with Crippen molar-refractivity contribution in [2.75, 3.05) is 36.4 Å². The number of hydrogen-bond donors (Lipinski definition) is 1. The zero-order chi connectivity index (χ0) is 27.4. The van der Waals surface area contributed by atoms with Gasteiger partial charge in [-0.05, 0) is 74.6 Å². The van der Waals surface area contributed by atoms with Crippen molar-refractivity contribution < 1.29 is 18.4 Å². The molecule has 1 saturated carbocycles. The Kier molecular flexibility index (Phi) is 9.58. The first-order chi connectivity index (χ1) is 18.2. The second-order valence-corrected chi connectivity index (χ2v) is 11.5. The molecule has 3 aliphatic rings. The summed E-state index contributed by atoms with van der Waals surface area (Å²) < 4.78 is 27.4. The van der Waals surface area contributed by atoms with Gasteiger partial charge < -0.3 is 15.1 Å². The minimum absolute atomic E-state index is 0.148. The van der Waals surface area contributed by atoms with Gasteiger partial charge in [0.25, 0.3) is 6.43 Å². The number of nitrogens with zero attached hydrogens (tertiary/aromatic N) is 4. The van der Waals surface area contributed by atoms with Crippen LogP contribution in [0.5, 0.6) is 0 Å². The van der Waals surface area contributed by atoms with Gasteiger partial charge in [-0.15, -0.1) is 0 Å². The van der Waals surface area contributed by atoms with Crippen molar-refractivity contribution >= 4 is 41.1 Å². The molecule has 3 fully saturated rings. The fourth-order valence-electron chi connectivity index (χ4n) is 5.83. The molecule has 11 heteroatoms. The summed E-state index contributed by atoms with van der Waals surface area (Å²) in [7, 11) is 0. The molecule has 7 nitrogen and oxygen atoms in total. The summed E-state index contributed by atoms with van der Waals surface area (Å²) >= 11 is 12.3. The number of alkyl halides is 2. The van der Waals surface area contributed by atoms with Crippen LogP contribution in [0.1, 0.15) is 63.1 Å². The summed E-state index contributed by atoms with van der Waals surface area (Å²) in [6.45, 7) is 8.39. The first-order valence-electron chi connectivity index (χ1n) is 13.0. The number of rotatable bonds is 7. The molecule has 0 bridgehead atoms. The maximum absolute atomic E-state index is 13.7. The van der Waals surface area contributed by atoms with Gasteiger partial charge in [-0.25, -0.2) is 13.8 Å². The molecule has 5 rings (SSSR count). The number of benzene rings is 1. The van der Waals surface area contributed by atoms with Crippen molar-refractivity contribution in [1.29, 1.82) is 0 Å². The molecule has 2 atom stereocenters. The van der Waals surface area contributed by atoms with Crippen LogP contribution in [0.4, 0.5) is 20.5 Å². The summed E-state index contributed by atoms with van der Waals surface area (Å²) in [5.41, 5.74) is 0.559. The highest BCUT2D eigenvalue weighted by atomic mass is 35.5. The lowest BCUT2D eigenvalue weighted by atomic mass is 9.76. The summed E-state index contributed by atoms with van der Waals surface area (Å²) in [6.07, 6.45) is 4.04. The van der Waals surface area contributed by atoms with Gasteiger partial charge >= 0.3 is 6.15 Å². The Morgan fingerprint density at radius 1 is 1.11 bits per heavy atom. The summed E-state index contributed by atoms with van der Waals surface area (Å²) in [5.74, 6) is 2.82. The topological polar surface area (TPSA) is 78.4 Å². The molecule has 0 radical (unpaired) electrons. The van der Waals surface area contributed by atoms with E-state index >= 15 is 0 Å². The van der Waals surface area contributed by atoms with Crippen LogP contribution in [0.3, 0.4) is 0 Å². The molecule has 1 aromatic heterocycles. The van der Waals surface area contributed by atoms with Crippen LogP contribution < -0.4 is 10.2 Å². The summed E-state index contributed by atoms with van der Waals surface area (Å²) in [4.78, 5) is 29.9. The molecule has 0 amide bonds. The quantitative estimate of drug-likeness (QED) is 0.423. The molecule has 1 N–H and O–H groups in total. The van der Waals surface area contributed by atoms with Crippen LogP contribution in [0.2, 0.25) is 10.0 Å². The third kappa shape index (κ3) is 6.63. The second-order valence-electron chi connectivity index (χ2n) is 10.7. The highest BCUT2D eigenvalue weighted by molar-refractivity contribution is 6.35. The van der Waals surface area contributed by atoms with Crippen molar-refractivity contribution in [3.05, 3.63) is 45.6 Å². The maximum atomic E-state index is 13.7. The van der Waals surface area contributed by atoms with Gasteiger partial charge in [0, 0.05) is 41.9 Å². The Bertz CT molecular complexity index is 1140. The van der Waals surface area contributed by atoms with E-state index in [-0.39, 0.29) is 23.6 Å². The van der Waals surface area contributed by atoms with Crippen LogP contribution in [0, 0.1) is 17.8 Å². The van der Waals surface area contributed by atoms with Crippen molar-refractivity contribution in [3.8, 4) is 0 Å². The highest BCUT2D eigenvalue weighted by Crippen LogP contribution is 2.38. The zero-order valence-corrected chi connectivity index (χ0v) is 23.1. The van der Waals surface area contributed by atoms with E-state index in [1.165, 1.54) is 45.0 Å². The van der Waals surface area contributed by atoms with E-state index in [1.54, 1.807) is 18.2 Å². The molecule has 0 spiro atoms. The van der Waals surface area contributed by atoms with Crippen molar-refractivity contribution in [2.24, 2.45) is 17.8 Å². The molecule has 2 saturated heterocycles. The molecule has 2 aliphatic heterocycles. The van der Waals surface area contributed by atoms with E-state index in [2.05, 4.69) is 32.0 Å². The zero-order valence-electron chi connectivity index (χ0n) is 21.5. The van der Waals surface area contributed by atoms with E-state index in [0.29, 0.717) is 27.8 Å². The summed E-state index contributed by atoms with van der Waals surface area (Å²) in [5, 5.41) is 4.14. The molecule has 3 heterocycles. The molecule has 1 aromatic carbocycles. The minimum atomic E-state index is -2.67. The fraction of sp³-hybridized carbons (Fsp3) is 0.593. The number of anilines is 2. The molecule has 38 heavy (non-hydrogen) atoms. The molecule has 206 valence electrons. The minimum Gasteiger partial charge on any atom is -0.363 e. The van der Waals surface area contributed by atoms with Crippen molar-refractivity contribution in [3.63, 3.8) is 0 Å². The lowest BCUT2D eigenvalue weighted by Gasteiger charge is -2.50. The Morgan fingerprint density at radius 3 is 2.45 bits per heavy atom. The van der Waals surface area contributed by atoms with E-state index in [9.17, 15) is 8.78 Å². The van der Waals surface area contributed by atoms with Crippen LogP contribution in [-0.2, 0) is 9.59 Å².